The fourth-order valence-corrected chi connectivity index (χ4v) is 5.48. The Hall–Kier alpha value is -1.51. The minimum atomic E-state index is -4.36. The van der Waals surface area contributed by atoms with Crippen molar-refractivity contribution in [2.45, 2.75) is 155 Å². The molecule has 0 aliphatic rings. The van der Waals surface area contributed by atoms with Crippen LogP contribution in [0.4, 0.5) is 0 Å². The fourth-order valence-electron chi connectivity index (χ4n) is 4.73. The van der Waals surface area contributed by atoms with Crippen molar-refractivity contribution in [1.29, 1.82) is 0 Å². The first-order chi connectivity index (χ1) is 22.5. The zero-order chi connectivity index (χ0) is 35.1. The minimum absolute atomic E-state index is 0.0306. The number of ether oxygens (including phenoxy) is 2. The van der Waals surface area contributed by atoms with Crippen molar-refractivity contribution in [3.05, 3.63) is 24.3 Å². The van der Waals surface area contributed by atoms with Crippen molar-refractivity contribution in [3.63, 3.8) is 0 Å². The predicted molar refractivity (Wildman–Crippen MR) is 192 cm³/mol. The van der Waals surface area contributed by atoms with Gasteiger partial charge in [-0.15, -0.1) is 0 Å². The maximum Gasteiger partial charge on any atom is 0.472 e. The highest BCUT2D eigenvalue weighted by Crippen LogP contribution is 2.43. The lowest BCUT2D eigenvalue weighted by atomic mass is 10.1. The van der Waals surface area contributed by atoms with Crippen LogP contribution in [0.15, 0.2) is 24.3 Å². The highest BCUT2D eigenvalue weighted by Gasteiger charge is 2.27. The second kappa shape index (κ2) is 30.5. The maximum absolute atomic E-state index is 12.5. The number of rotatable bonds is 33. The van der Waals surface area contributed by atoms with Crippen LogP contribution in [0.1, 0.15) is 149 Å². The van der Waals surface area contributed by atoms with E-state index >= 15 is 0 Å². The van der Waals surface area contributed by atoms with Crippen LogP contribution in [0.2, 0.25) is 0 Å². The molecule has 0 aliphatic heterocycles. The van der Waals surface area contributed by atoms with Crippen LogP contribution in [0, 0.1) is 0 Å². The van der Waals surface area contributed by atoms with E-state index in [4.69, 9.17) is 18.5 Å². The van der Waals surface area contributed by atoms with Gasteiger partial charge in [0.1, 0.15) is 19.8 Å². The summed E-state index contributed by atoms with van der Waals surface area (Å²) in [7, 11) is 1.47. The van der Waals surface area contributed by atoms with Crippen LogP contribution in [-0.2, 0) is 32.7 Å². The third-order valence-electron chi connectivity index (χ3n) is 7.73. The Morgan fingerprint density at radius 1 is 0.660 bits per heavy atom. The van der Waals surface area contributed by atoms with Crippen LogP contribution in [0.25, 0.3) is 0 Å². The zero-order valence-corrected chi connectivity index (χ0v) is 31.7. The van der Waals surface area contributed by atoms with Gasteiger partial charge in [-0.2, -0.15) is 0 Å². The molecule has 0 aromatic carbocycles. The number of allylic oxidation sites excluding steroid dienone is 4. The SMILES string of the molecule is CCCC/C=C/C/C=C/CCCCCCCC(=O)OC[C@@H](COP(=O)(O)OCC[N+](C)(C)C)OC(=O)CCCCCCCCCCC. The van der Waals surface area contributed by atoms with E-state index < -0.39 is 26.5 Å². The van der Waals surface area contributed by atoms with Gasteiger partial charge in [0.2, 0.25) is 0 Å². The first-order valence-corrected chi connectivity index (χ1v) is 20.1. The number of carbonyl (C=O) groups is 2. The molecule has 0 aromatic rings. The molecular weight excluding hydrogens is 617 g/mol. The molecule has 0 aliphatic carbocycles. The molecule has 47 heavy (non-hydrogen) atoms. The van der Waals surface area contributed by atoms with Crippen molar-refractivity contribution in [2.75, 3.05) is 47.5 Å². The second-order valence-electron chi connectivity index (χ2n) is 13.6. The quantitative estimate of drug-likeness (QED) is 0.0239. The monoisotopic (exact) mass is 688 g/mol. The Bertz CT molecular complexity index is 871. The molecule has 0 fully saturated rings. The summed E-state index contributed by atoms with van der Waals surface area (Å²) in [4.78, 5) is 35.0. The standard InChI is InChI=1S/C37H70NO8P/c1-6-8-10-12-14-16-17-18-19-20-22-23-25-27-29-36(39)43-33-35(34-45-47(41,42)44-32-31-38(3,4)5)46-37(40)30-28-26-24-21-15-13-11-9-7-2/h12,14,17-18,35H,6-11,13,15-16,19-34H2,1-5H3/p+1/b14-12+,18-17+/t35-/m0/s1. The Labute approximate surface area is 288 Å². The predicted octanol–water partition coefficient (Wildman–Crippen LogP) is 9.63. The van der Waals surface area contributed by atoms with Gasteiger partial charge in [0.25, 0.3) is 0 Å². The van der Waals surface area contributed by atoms with Crippen LogP contribution in [-0.4, -0.2) is 74.9 Å². The summed E-state index contributed by atoms with van der Waals surface area (Å²) in [5.74, 6) is -0.819. The summed E-state index contributed by atoms with van der Waals surface area (Å²) < 4.78 is 34.0. The van der Waals surface area contributed by atoms with Gasteiger partial charge in [-0.25, -0.2) is 4.57 Å². The first-order valence-electron chi connectivity index (χ1n) is 18.6. The molecule has 0 rings (SSSR count). The van der Waals surface area contributed by atoms with Crippen molar-refractivity contribution >= 4 is 19.8 Å². The number of quaternary nitrogens is 1. The van der Waals surface area contributed by atoms with Crippen LogP contribution < -0.4 is 0 Å². The lowest BCUT2D eigenvalue weighted by Gasteiger charge is -2.24. The summed E-state index contributed by atoms with van der Waals surface area (Å²) in [6.07, 6.45) is 29.4. The molecule has 0 saturated heterocycles. The Morgan fingerprint density at radius 2 is 1.17 bits per heavy atom. The van der Waals surface area contributed by atoms with Crippen molar-refractivity contribution in [3.8, 4) is 0 Å². The van der Waals surface area contributed by atoms with Gasteiger partial charge < -0.3 is 18.9 Å². The summed E-state index contributed by atoms with van der Waals surface area (Å²) >= 11 is 0. The third-order valence-corrected chi connectivity index (χ3v) is 8.72. The molecule has 10 heteroatoms. The highest BCUT2D eigenvalue weighted by molar-refractivity contribution is 7.47. The molecule has 0 bridgehead atoms. The van der Waals surface area contributed by atoms with Crippen molar-refractivity contribution < 1.29 is 42.1 Å². The maximum atomic E-state index is 12.5. The average molecular weight is 689 g/mol. The van der Waals surface area contributed by atoms with Gasteiger partial charge in [-0.3, -0.25) is 18.6 Å². The molecule has 0 radical (unpaired) electrons. The van der Waals surface area contributed by atoms with Crippen LogP contribution >= 0.6 is 7.82 Å². The zero-order valence-electron chi connectivity index (χ0n) is 30.8. The van der Waals surface area contributed by atoms with Gasteiger partial charge in [-0.1, -0.05) is 122 Å². The number of likely N-dealkylation sites (N-methyl/N-ethyl adjacent to an activating group) is 1. The molecule has 0 saturated carbocycles. The first kappa shape index (κ1) is 45.5. The number of hydrogen-bond donors (Lipinski definition) is 1. The molecule has 276 valence electrons. The number of carbonyl (C=O) groups excluding carboxylic acids is 2. The molecular formula is C37H71NO8P+. The number of nitrogens with zero attached hydrogens (tertiary/aromatic N) is 1. The molecule has 0 heterocycles. The van der Waals surface area contributed by atoms with E-state index in [9.17, 15) is 19.0 Å². The Kier molecular flexibility index (Phi) is 29.6. The Balaban J connectivity index is 4.45. The summed E-state index contributed by atoms with van der Waals surface area (Å²) in [5, 5.41) is 0. The molecule has 1 unspecified atom stereocenters. The van der Waals surface area contributed by atoms with Gasteiger partial charge in [-0.05, 0) is 38.5 Å². The largest absolute Gasteiger partial charge is 0.472 e. The minimum Gasteiger partial charge on any atom is -0.462 e. The molecule has 1 N–H and O–H groups in total. The van der Waals surface area contributed by atoms with E-state index in [-0.39, 0.29) is 32.0 Å². The van der Waals surface area contributed by atoms with Crippen molar-refractivity contribution in [2.24, 2.45) is 0 Å². The molecule has 0 aromatic heterocycles. The highest BCUT2D eigenvalue weighted by atomic mass is 31.2. The van der Waals surface area contributed by atoms with E-state index in [1.54, 1.807) is 0 Å². The van der Waals surface area contributed by atoms with Crippen LogP contribution in [0.5, 0.6) is 0 Å². The average Bonchev–Trinajstić information content (AvgIpc) is 3.01. The smallest absolute Gasteiger partial charge is 0.462 e. The molecule has 0 amide bonds. The lowest BCUT2D eigenvalue weighted by molar-refractivity contribution is -0.870. The third kappa shape index (κ3) is 34.2. The summed E-state index contributed by atoms with van der Waals surface area (Å²) in [6.45, 7) is 4.32. The van der Waals surface area contributed by atoms with Gasteiger partial charge in [0, 0.05) is 12.8 Å². The fraction of sp³-hybridized carbons (Fsp3) is 0.838. The number of phosphoric ester groups is 1. The van der Waals surface area contributed by atoms with E-state index in [2.05, 4.69) is 38.2 Å². The van der Waals surface area contributed by atoms with Gasteiger partial charge >= 0.3 is 19.8 Å². The topological polar surface area (TPSA) is 108 Å². The Morgan fingerprint density at radius 3 is 1.74 bits per heavy atom. The summed E-state index contributed by atoms with van der Waals surface area (Å²) in [6, 6.07) is 0. The number of esters is 2. The molecule has 2 atom stereocenters. The number of unbranched alkanes of at least 4 members (excludes halogenated alkanes) is 15. The van der Waals surface area contributed by atoms with E-state index in [1.807, 2.05) is 21.1 Å². The summed E-state index contributed by atoms with van der Waals surface area (Å²) in [5.41, 5.74) is 0. The number of phosphoric acid groups is 1. The normalized spacial score (nSPS) is 14.1. The molecule has 9 nitrogen and oxygen atoms in total. The second-order valence-corrected chi connectivity index (χ2v) is 15.1. The molecule has 0 spiro atoms. The lowest BCUT2D eigenvalue weighted by Crippen LogP contribution is -2.37. The number of hydrogen-bond acceptors (Lipinski definition) is 7. The van der Waals surface area contributed by atoms with E-state index in [1.165, 1.54) is 57.8 Å². The van der Waals surface area contributed by atoms with E-state index in [0.29, 0.717) is 17.4 Å². The van der Waals surface area contributed by atoms with Crippen molar-refractivity contribution in [1.82, 2.24) is 0 Å². The van der Waals surface area contributed by atoms with E-state index in [0.717, 1.165) is 57.8 Å². The van der Waals surface area contributed by atoms with Crippen LogP contribution in [0.3, 0.4) is 0 Å². The van der Waals surface area contributed by atoms with Gasteiger partial charge in [0.05, 0.1) is 27.7 Å². The van der Waals surface area contributed by atoms with Gasteiger partial charge in [0.15, 0.2) is 6.10 Å².